The Morgan fingerprint density at radius 3 is 2.75 bits per heavy atom. The second-order valence-electron chi connectivity index (χ2n) is 5.72. The lowest BCUT2D eigenvalue weighted by Crippen LogP contribution is -2.30. The van der Waals surface area contributed by atoms with E-state index in [1.165, 1.54) is 24.4 Å². The Morgan fingerprint density at radius 2 is 2.12 bits per heavy atom. The zero-order valence-electron chi connectivity index (χ0n) is 13.1. The lowest BCUT2D eigenvalue weighted by Gasteiger charge is -2.26. The quantitative estimate of drug-likeness (QED) is 0.888. The minimum atomic E-state index is -0.737. The molecule has 0 atom stereocenters. The molecule has 0 spiro atoms. The summed E-state index contributed by atoms with van der Waals surface area (Å²) in [6.45, 7) is 2.73. The second-order valence-corrected chi connectivity index (χ2v) is 5.72. The SMILES string of the molecule is CCC1=C2C=C(C(N)=O)N(O)C=C2N(Cc2ccc(F)cc2F)C1. The minimum Gasteiger partial charge on any atom is -0.364 e. The van der Waals surface area contributed by atoms with Crippen LogP contribution in [0.15, 0.2) is 53.0 Å². The molecule has 0 unspecified atom stereocenters. The number of allylic oxidation sites excluding steroid dienone is 1. The molecule has 1 aromatic carbocycles. The summed E-state index contributed by atoms with van der Waals surface area (Å²) in [6.07, 6.45) is 3.67. The van der Waals surface area contributed by atoms with Crippen LogP contribution in [0.25, 0.3) is 0 Å². The number of nitrogens with zero attached hydrogens (tertiary/aromatic N) is 2. The van der Waals surface area contributed by atoms with Gasteiger partial charge in [-0.1, -0.05) is 13.0 Å². The molecule has 1 aromatic rings. The van der Waals surface area contributed by atoms with Gasteiger partial charge in [-0.15, -0.1) is 0 Å². The van der Waals surface area contributed by atoms with Gasteiger partial charge in [-0.05, 0) is 24.1 Å². The molecule has 3 N–H and O–H groups in total. The number of rotatable bonds is 4. The number of primary amides is 1. The Hall–Kier alpha value is -2.67. The molecule has 7 heteroatoms. The van der Waals surface area contributed by atoms with E-state index in [1.54, 1.807) is 0 Å². The fourth-order valence-electron chi connectivity index (χ4n) is 2.95. The van der Waals surface area contributed by atoms with Crippen molar-refractivity contribution in [1.29, 1.82) is 0 Å². The summed E-state index contributed by atoms with van der Waals surface area (Å²) < 4.78 is 27.0. The highest BCUT2D eigenvalue weighted by Gasteiger charge is 2.31. The van der Waals surface area contributed by atoms with Crippen molar-refractivity contribution in [1.82, 2.24) is 9.96 Å². The Kier molecular flexibility index (Phi) is 4.11. The van der Waals surface area contributed by atoms with Crippen LogP contribution in [0.3, 0.4) is 0 Å². The average Bonchev–Trinajstić information content (AvgIpc) is 2.86. The van der Waals surface area contributed by atoms with Crippen molar-refractivity contribution in [2.24, 2.45) is 5.73 Å². The highest BCUT2D eigenvalue weighted by Crippen LogP contribution is 2.36. The first kappa shape index (κ1) is 16.2. The number of hydrogen-bond donors (Lipinski definition) is 2. The van der Waals surface area contributed by atoms with Gasteiger partial charge in [-0.2, -0.15) is 0 Å². The van der Waals surface area contributed by atoms with E-state index < -0.39 is 17.5 Å². The Labute approximate surface area is 137 Å². The second kappa shape index (κ2) is 6.09. The van der Waals surface area contributed by atoms with E-state index in [4.69, 9.17) is 5.73 Å². The molecule has 0 radical (unpaired) electrons. The number of hydrogen-bond acceptors (Lipinski definition) is 4. The largest absolute Gasteiger partial charge is 0.364 e. The molecule has 0 saturated heterocycles. The van der Waals surface area contributed by atoms with Gasteiger partial charge >= 0.3 is 0 Å². The van der Waals surface area contributed by atoms with Gasteiger partial charge in [0.2, 0.25) is 0 Å². The number of fused-ring (bicyclic) bond motifs is 1. The molecule has 0 aliphatic carbocycles. The molecule has 0 aromatic heterocycles. The van der Waals surface area contributed by atoms with Crippen LogP contribution in [0.4, 0.5) is 8.78 Å². The van der Waals surface area contributed by atoms with E-state index in [1.807, 2.05) is 11.8 Å². The third-order valence-electron chi connectivity index (χ3n) is 4.21. The summed E-state index contributed by atoms with van der Waals surface area (Å²) in [7, 11) is 0. The first-order valence-corrected chi connectivity index (χ1v) is 7.53. The fraction of sp³-hybridized carbons (Fsp3) is 0.235. The average molecular weight is 333 g/mol. The molecule has 0 fully saturated rings. The van der Waals surface area contributed by atoms with Crippen LogP contribution >= 0.6 is 0 Å². The summed E-state index contributed by atoms with van der Waals surface area (Å²) in [5.41, 5.74) is 8.12. The molecule has 0 bridgehead atoms. The van der Waals surface area contributed by atoms with Gasteiger partial charge in [0.15, 0.2) is 0 Å². The smallest absolute Gasteiger partial charge is 0.267 e. The normalized spacial score (nSPS) is 17.0. The predicted octanol–water partition coefficient (Wildman–Crippen LogP) is 2.40. The molecule has 5 nitrogen and oxygen atoms in total. The highest BCUT2D eigenvalue weighted by molar-refractivity contribution is 5.92. The lowest BCUT2D eigenvalue weighted by molar-refractivity contribution is -0.120. The van der Waals surface area contributed by atoms with Gasteiger partial charge in [-0.3, -0.25) is 10.0 Å². The summed E-state index contributed by atoms with van der Waals surface area (Å²) >= 11 is 0. The van der Waals surface area contributed by atoms with Crippen LogP contribution in [0.1, 0.15) is 18.9 Å². The maximum Gasteiger partial charge on any atom is 0.267 e. The van der Waals surface area contributed by atoms with Crippen molar-refractivity contribution in [2.75, 3.05) is 6.54 Å². The van der Waals surface area contributed by atoms with Crippen molar-refractivity contribution in [3.05, 3.63) is 70.2 Å². The van der Waals surface area contributed by atoms with Crippen molar-refractivity contribution in [2.45, 2.75) is 19.9 Å². The first-order valence-electron chi connectivity index (χ1n) is 7.53. The van der Waals surface area contributed by atoms with Crippen LogP contribution in [-0.2, 0) is 11.3 Å². The van der Waals surface area contributed by atoms with Gasteiger partial charge < -0.3 is 10.6 Å². The van der Waals surface area contributed by atoms with Gasteiger partial charge in [0, 0.05) is 30.3 Å². The third-order valence-corrected chi connectivity index (χ3v) is 4.21. The number of amides is 1. The number of carbonyl (C=O) groups is 1. The van der Waals surface area contributed by atoms with E-state index in [0.717, 1.165) is 23.6 Å². The number of halogens is 2. The van der Waals surface area contributed by atoms with Crippen LogP contribution in [0, 0.1) is 11.6 Å². The van der Waals surface area contributed by atoms with Gasteiger partial charge in [0.25, 0.3) is 5.91 Å². The van der Waals surface area contributed by atoms with E-state index in [-0.39, 0.29) is 12.2 Å². The molecule has 126 valence electrons. The zero-order chi connectivity index (χ0) is 17.4. The molecule has 1 amide bonds. The molecule has 2 aliphatic rings. The maximum absolute atomic E-state index is 13.9. The molecular formula is C17H17F2N3O2. The molecule has 24 heavy (non-hydrogen) atoms. The molecule has 0 saturated carbocycles. The monoisotopic (exact) mass is 333 g/mol. The Balaban J connectivity index is 1.92. The van der Waals surface area contributed by atoms with Crippen molar-refractivity contribution in [3.63, 3.8) is 0 Å². The van der Waals surface area contributed by atoms with Crippen molar-refractivity contribution < 1.29 is 18.8 Å². The topological polar surface area (TPSA) is 69.8 Å². The standard InChI is InChI=1S/C17H17F2N3O2/c1-2-10-7-21(8-11-3-4-12(18)5-14(11)19)16-9-22(24)15(17(20)23)6-13(10)16/h3-6,9,24H,2,7-8H2,1H3,(H2,20,23). The first-order chi connectivity index (χ1) is 11.4. The van der Waals surface area contributed by atoms with Gasteiger partial charge in [0.05, 0.1) is 11.9 Å². The van der Waals surface area contributed by atoms with Crippen molar-refractivity contribution >= 4 is 5.91 Å². The fourth-order valence-corrected chi connectivity index (χ4v) is 2.95. The van der Waals surface area contributed by atoms with Gasteiger partial charge in [-0.25, -0.2) is 13.8 Å². The molecule has 2 aliphatic heterocycles. The maximum atomic E-state index is 13.9. The van der Waals surface area contributed by atoms with E-state index >= 15 is 0 Å². The van der Waals surface area contributed by atoms with Crippen LogP contribution in [0.5, 0.6) is 0 Å². The molecule has 2 heterocycles. The van der Waals surface area contributed by atoms with Crippen LogP contribution in [-0.4, -0.2) is 27.6 Å². The Morgan fingerprint density at radius 1 is 1.38 bits per heavy atom. The van der Waals surface area contributed by atoms with E-state index in [0.29, 0.717) is 22.9 Å². The third kappa shape index (κ3) is 2.78. The van der Waals surface area contributed by atoms with Crippen LogP contribution < -0.4 is 5.73 Å². The summed E-state index contributed by atoms with van der Waals surface area (Å²) in [5, 5.41) is 10.6. The number of hydroxylamine groups is 2. The number of nitrogens with two attached hydrogens (primary N) is 1. The van der Waals surface area contributed by atoms with Crippen LogP contribution in [0.2, 0.25) is 0 Å². The summed E-state index contributed by atoms with van der Waals surface area (Å²) in [5.74, 6) is -1.98. The lowest BCUT2D eigenvalue weighted by atomic mass is 10.0. The Bertz CT molecular complexity index is 799. The van der Waals surface area contributed by atoms with E-state index in [9.17, 15) is 18.8 Å². The summed E-state index contributed by atoms with van der Waals surface area (Å²) in [4.78, 5) is 13.3. The minimum absolute atomic E-state index is 0.0190. The van der Waals surface area contributed by atoms with Crippen molar-refractivity contribution in [3.8, 4) is 0 Å². The van der Waals surface area contributed by atoms with E-state index in [2.05, 4.69) is 0 Å². The number of carbonyl (C=O) groups excluding carboxylic acids is 1. The molecule has 3 rings (SSSR count). The van der Waals surface area contributed by atoms with Gasteiger partial charge in [0.1, 0.15) is 17.3 Å². The zero-order valence-corrected chi connectivity index (χ0v) is 13.1. The highest BCUT2D eigenvalue weighted by atomic mass is 19.1. The number of benzene rings is 1. The molecular weight excluding hydrogens is 316 g/mol. The summed E-state index contributed by atoms with van der Waals surface area (Å²) in [6, 6.07) is 3.46. The predicted molar refractivity (Wildman–Crippen MR) is 83.1 cm³/mol.